The molecule has 21 heavy (non-hydrogen) atoms. The highest BCUT2D eigenvalue weighted by atomic mass is 35.5. The minimum atomic E-state index is 0.681. The van der Waals surface area contributed by atoms with E-state index >= 15 is 0 Å². The third-order valence-electron chi connectivity index (χ3n) is 4.09. The molecule has 0 aromatic heterocycles. The maximum absolute atomic E-state index is 6.53. The van der Waals surface area contributed by atoms with Gasteiger partial charge in [0, 0.05) is 19.6 Å². The van der Waals surface area contributed by atoms with Gasteiger partial charge in [0.1, 0.15) is 0 Å². The number of nitrogens with zero attached hydrogens (tertiary/aromatic N) is 1. The predicted octanol–water partition coefficient (Wildman–Crippen LogP) is 4.86. The average Bonchev–Trinajstić information content (AvgIpc) is 2.39. The standard InChI is InChI=1S/C18H29ClN2/c1-15(2)13-20-14-16-8-9-18(17(19)12-16)21-10-6-4-3-5-7-11-21/h8-9,12,15,20H,3-7,10-11,13-14H2,1-2H3. The van der Waals surface area contributed by atoms with Crippen molar-refractivity contribution in [3.05, 3.63) is 28.8 Å². The van der Waals surface area contributed by atoms with Crippen molar-refractivity contribution in [2.24, 2.45) is 5.92 Å². The molecule has 0 amide bonds. The van der Waals surface area contributed by atoms with Crippen LogP contribution in [-0.4, -0.2) is 19.6 Å². The molecule has 1 heterocycles. The van der Waals surface area contributed by atoms with E-state index in [1.165, 1.54) is 43.4 Å². The minimum Gasteiger partial charge on any atom is -0.370 e. The highest BCUT2D eigenvalue weighted by Crippen LogP contribution is 2.28. The summed E-state index contributed by atoms with van der Waals surface area (Å²) in [5.74, 6) is 0.681. The SMILES string of the molecule is CC(C)CNCc1ccc(N2CCCCCCC2)c(Cl)c1. The second-order valence-corrected chi connectivity index (χ2v) is 6.97. The first-order valence-electron chi connectivity index (χ1n) is 8.41. The number of halogens is 1. The first-order chi connectivity index (χ1) is 10.2. The second kappa shape index (κ2) is 8.65. The smallest absolute Gasteiger partial charge is 0.0642 e. The van der Waals surface area contributed by atoms with Crippen LogP contribution in [0.4, 0.5) is 5.69 Å². The van der Waals surface area contributed by atoms with E-state index in [0.29, 0.717) is 5.92 Å². The molecular formula is C18H29ClN2. The van der Waals surface area contributed by atoms with Crippen LogP contribution in [-0.2, 0) is 6.54 Å². The van der Waals surface area contributed by atoms with Crippen molar-refractivity contribution < 1.29 is 0 Å². The Labute approximate surface area is 134 Å². The second-order valence-electron chi connectivity index (χ2n) is 6.57. The molecule has 0 atom stereocenters. The fourth-order valence-electron chi connectivity index (χ4n) is 2.91. The number of nitrogens with one attached hydrogen (secondary N) is 1. The molecule has 1 saturated heterocycles. The Morgan fingerprint density at radius 1 is 1.10 bits per heavy atom. The van der Waals surface area contributed by atoms with Gasteiger partial charge in [0.05, 0.1) is 10.7 Å². The highest BCUT2D eigenvalue weighted by molar-refractivity contribution is 6.33. The first-order valence-corrected chi connectivity index (χ1v) is 8.78. The van der Waals surface area contributed by atoms with Crippen molar-refractivity contribution >= 4 is 17.3 Å². The molecule has 1 N–H and O–H groups in total. The number of rotatable bonds is 5. The van der Waals surface area contributed by atoms with Crippen LogP contribution in [0.1, 0.15) is 51.5 Å². The highest BCUT2D eigenvalue weighted by Gasteiger charge is 2.12. The van der Waals surface area contributed by atoms with Gasteiger partial charge in [0.25, 0.3) is 0 Å². The van der Waals surface area contributed by atoms with Crippen molar-refractivity contribution in [3.8, 4) is 0 Å². The molecule has 1 aromatic rings. The quantitative estimate of drug-likeness (QED) is 0.836. The predicted molar refractivity (Wildman–Crippen MR) is 93.3 cm³/mol. The number of anilines is 1. The molecule has 0 unspecified atom stereocenters. The van der Waals surface area contributed by atoms with Gasteiger partial charge in [-0.2, -0.15) is 0 Å². The summed E-state index contributed by atoms with van der Waals surface area (Å²) in [7, 11) is 0. The molecule has 1 aliphatic rings. The van der Waals surface area contributed by atoms with Gasteiger partial charge in [-0.1, -0.05) is 50.8 Å². The monoisotopic (exact) mass is 308 g/mol. The Kier molecular flexibility index (Phi) is 6.85. The lowest BCUT2D eigenvalue weighted by molar-refractivity contribution is 0.551. The minimum absolute atomic E-state index is 0.681. The number of benzene rings is 1. The Morgan fingerprint density at radius 2 is 1.76 bits per heavy atom. The van der Waals surface area contributed by atoms with Crippen LogP contribution in [0.15, 0.2) is 18.2 Å². The van der Waals surface area contributed by atoms with E-state index in [1.54, 1.807) is 0 Å². The van der Waals surface area contributed by atoms with Crippen molar-refractivity contribution in [1.29, 1.82) is 0 Å². The van der Waals surface area contributed by atoms with E-state index in [2.05, 4.69) is 42.3 Å². The summed E-state index contributed by atoms with van der Waals surface area (Å²) >= 11 is 6.53. The molecule has 3 heteroatoms. The molecule has 0 spiro atoms. The molecule has 1 aliphatic heterocycles. The van der Waals surface area contributed by atoms with E-state index in [0.717, 1.165) is 31.2 Å². The maximum Gasteiger partial charge on any atom is 0.0642 e. The van der Waals surface area contributed by atoms with Gasteiger partial charge in [-0.15, -0.1) is 0 Å². The molecule has 2 rings (SSSR count). The summed E-state index contributed by atoms with van der Waals surface area (Å²) in [6, 6.07) is 6.55. The van der Waals surface area contributed by atoms with Crippen LogP contribution in [0.5, 0.6) is 0 Å². The fourth-order valence-corrected chi connectivity index (χ4v) is 3.23. The normalized spacial score (nSPS) is 16.9. The van der Waals surface area contributed by atoms with Crippen LogP contribution < -0.4 is 10.2 Å². The zero-order valence-electron chi connectivity index (χ0n) is 13.5. The molecule has 0 saturated carbocycles. The third-order valence-corrected chi connectivity index (χ3v) is 4.39. The zero-order valence-corrected chi connectivity index (χ0v) is 14.3. The van der Waals surface area contributed by atoms with Crippen molar-refractivity contribution in [2.75, 3.05) is 24.5 Å². The lowest BCUT2D eigenvalue weighted by Crippen LogP contribution is -2.27. The molecular weight excluding hydrogens is 280 g/mol. The maximum atomic E-state index is 6.53. The lowest BCUT2D eigenvalue weighted by atomic mass is 10.1. The molecule has 0 aliphatic carbocycles. The Morgan fingerprint density at radius 3 is 2.38 bits per heavy atom. The topological polar surface area (TPSA) is 15.3 Å². The van der Waals surface area contributed by atoms with Crippen molar-refractivity contribution in [3.63, 3.8) is 0 Å². The van der Waals surface area contributed by atoms with E-state index in [4.69, 9.17) is 11.6 Å². The number of hydrogen-bond acceptors (Lipinski definition) is 2. The van der Waals surface area contributed by atoms with Gasteiger partial charge in [-0.3, -0.25) is 0 Å². The van der Waals surface area contributed by atoms with Gasteiger partial charge in [0.15, 0.2) is 0 Å². The van der Waals surface area contributed by atoms with Gasteiger partial charge in [-0.05, 0) is 43.0 Å². The summed E-state index contributed by atoms with van der Waals surface area (Å²) in [5.41, 5.74) is 2.49. The summed E-state index contributed by atoms with van der Waals surface area (Å²) in [5, 5.41) is 4.38. The van der Waals surface area contributed by atoms with E-state index < -0.39 is 0 Å². The molecule has 0 bridgehead atoms. The van der Waals surface area contributed by atoms with Crippen LogP contribution in [0, 0.1) is 5.92 Å². The zero-order chi connectivity index (χ0) is 15.1. The van der Waals surface area contributed by atoms with Crippen molar-refractivity contribution in [1.82, 2.24) is 5.32 Å². The molecule has 118 valence electrons. The summed E-state index contributed by atoms with van der Waals surface area (Å²) < 4.78 is 0. The summed E-state index contributed by atoms with van der Waals surface area (Å²) in [4.78, 5) is 2.47. The Bertz CT molecular complexity index is 423. The van der Waals surface area contributed by atoms with Crippen LogP contribution in [0.3, 0.4) is 0 Å². The van der Waals surface area contributed by atoms with Crippen LogP contribution in [0.2, 0.25) is 5.02 Å². The van der Waals surface area contributed by atoms with Crippen LogP contribution in [0.25, 0.3) is 0 Å². The van der Waals surface area contributed by atoms with Gasteiger partial charge in [0.2, 0.25) is 0 Å². The van der Waals surface area contributed by atoms with E-state index in [1.807, 2.05) is 0 Å². The van der Waals surface area contributed by atoms with Gasteiger partial charge >= 0.3 is 0 Å². The Balaban J connectivity index is 1.97. The fraction of sp³-hybridized carbons (Fsp3) is 0.667. The molecule has 0 radical (unpaired) electrons. The van der Waals surface area contributed by atoms with Gasteiger partial charge in [-0.25, -0.2) is 0 Å². The third kappa shape index (κ3) is 5.52. The van der Waals surface area contributed by atoms with Gasteiger partial charge < -0.3 is 10.2 Å². The molecule has 1 aromatic carbocycles. The first kappa shape index (κ1) is 16.6. The summed E-state index contributed by atoms with van der Waals surface area (Å²) in [6.07, 6.45) is 6.67. The largest absolute Gasteiger partial charge is 0.370 e. The average molecular weight is 309 g/mol. The van der Waals surface area contributed by atoms with E-state index in [-0.39, 0.29) is 0 Å². The molecule has 2 nitrogen and oxygen atoms in total. The summed E-state index contributed by atoms with van der Waals surface area (Å²) in [6.45, 7) is 8.69. The lowest BCUT2D eigenvalue weighted by Gasteiger charge is -2.28. The van der Waals surface area contributed by atoms with Crippen LogP contribution >= 0.6 is 11.6 Å². The van der Waals surface area contributed by atoms with E-state index in [9.17, 15) is 0 Å². The number of hydrogen-bond donors (Lipinski definition) is 1. The van der Waals surface area contributed by atoms with Crippen molar-refractivity contribution in [2.45, 2.75) is 52.5 Å². The molecule has 1 fully saturated rings. The Hall–Kier alpha value is -0.730.